The molecule has 0 aliphatic carbocycles. The van der Waals surface area contributed by atoms with E-state index in [1.165, 1.54) is 12.1 Å². The third-order valence-electron chi connectivity index (χ3n) is 2.95. The molecule has 0 aromatic heterocycles. The van der Waals surface area contributed by atoms with Crippen LogP contribution in [-0.4, -0.2) is 8.42 Å². The first-order chi connectivity index (χ1) is 9.53. The van der Waals surface area contributed by atoms with E-state index >= 15 is 0 Å². The fourth-order valence-corrected chi connectivity index (χ4v) is 3.15. The van der Waals surface area contributed by atoms with Crippen LogP contribution >= 0.6 is 0 Å². The maximum Gasteiger partial charge on any atom is 0.261 e. The molecule has 0 saturated heterocycles. The first-order valence-electron chi connectivity index (χ1n) is 6.49. The molecule has 0 bridgehead atoms. The largest absolute Gasteiger partial charge is 0.399 e. The number of sulfonamides is 1. The van der Waals surface area contributed by atoms with Gasteiger partial charge < -0.3 is 5.73 Å². The smallest absolute Gasteiger partial charge is 0.261 e. The molecule has 0 aliphatic heterocycles. The van der Waals surface area contributed by atoms with Gasteiger partial charge in [-0.05, 0) is 36.2 Å². The van der Waals surface area contributed by atoms with Gasteiger partial charge in [0, 0.05) is 5.69 Å². The predicted molar refractivity (Wildman–Crippen MR) is 82.1 cm³/mol. The Bertz CT molecular complexity index is 697. The van der Waals surface area contributed by atoms with E-state index < -0.39 is 10.0 Å². The van der Waals surface area contributed by atoms with Crippen LogP contribution in [-0.2, 0) is 16.4 Å². The first-order valence-corrected chi connectivity index (χ1v) is 7.97. The number of para-hydroxylation sites is 1. The van der Waals surface area contributed by atoms with Crippen LogP contribution in [0.5, 0.6) is 0 Å². The summed E-state index contributed by atoms with van der Waals surface area (Å²) in [6.45, 7) is 2.06. The van der Waals surface area contributed by atoms with Crippen molar-refractivity contribution in [2.24, 2.45) is 0 Å². The van der Waals surface area contributed by atoms with Crippen LogP contribution in [0.3, 0.4) is 0 Å². The minimum absolute atomic E-state index is 0.170. The quantitative estimate of drug-likeness (QED) is 0.831. The minimum Gasteiger partial charge on any atom is -0.399 e. The second kappa shape index (κ2) is 5.96. The van der Waals surface area contributed by atoms with E-state index in [1.54, 1.807) is 18.2 Å². The molecule has 5 heteroatoms. The maximum absolute atomic E-state index is 12.3. The topological polar surface area (TPSA) is 72.2 Å². The van der Waals surface area contributed by atoms with Gasteiger partial charge in [0.15, 0.2) is 0 Å². The van der Waals surface area contributed by atoms with Gasteiger partial charge >= 0.3 is 0 Å². The highest BCUT2D eigenvalue weighted by molar-refractivity contribution is 7.92. The van der Waals surface area contributed by atoms with Gasteiger partial charge in [-0.2, -0.15) is 0 Å². The van der Waals surface area contributed by atoms with Crippen molar-refractivity contribution in [2.75, 3.05) is 10.5 Å². The van der Waals surface area contributed by atoms with Crippen LogP contribution in [0.4, 0.5) is 11.4 Å². The van der Waals surface area contributed by atoms with Crippen molar-refractivity contribution in [3.05, 3.63) is 54.1 Å². The summed E-state index contributed by atoms with van der Waals surface area (Å²) in [6.07, 6.45) is 1.78. The summed E-state index contributed by atoms with van der Waals surface area (Å²) in [5, 5.41) is 0. The van der Waals surface area contributed by atoms with Gasteiger partial charge in [0.1, 0.15) is 0 Å². The molecule has 2 aromatic carbocycles. The molecule has 0 amide bonds. The molecule has 0 atom stereocenters. The van der Waals surface area contributed by atoms with Gasteiger partial charge in [0.05, 0.1) is 10.6 Å². The highest BCUT2D eigenvalue weighted by atomic mass is 32.2. The number of nitrogen functional groups attached to an aromatic ring is 1. The Kier molecular flexibility index (Phi) is 4.29. The lowest BCUT2D eigenvalue weighted by Gasteiger charge is -2.12. The summed E-state index contributed by atoms with van der Waals surface area (Å²) >= 11 is 0. The average Bonchev–Trinajstić information content (AvgIpc) is 2.41. The van der Waals surface area contributed by atoms with Crippen LogP contribution in [0.25, 0.3) is 0 Å². The second-order valence-corrected chi connectivity index (χ2v) is 6.27. The van der Waals surface area contributed by atoms with Gasteiger partial charge in [-0.3, -0.25) is 4.72 Å². The molecule has 0 radical (unpaired) electrons. The van der Waals surface area contributed by atoms with E-state index in [2.05, 4.69) is 11.6 Å². The zero-order valence-electron chi connectivity index (χ0n) is 11.3. The van der Waals surface area contributed by atoms with Gasteiger partial charge in [-0.25, -0.2) is 8.42 Å². The monoisotopic (exact) mass is 290 g/mol. The van der Waals surface area contributed by atoms with Crippen molar-refractivity contribution < 1.29 is 8.42 Å². The maximum atomic E-state index is 12.3. The van der Waals surface area contributed by atoms with Gasteiger partial charge in [-0.1, -0.05) is 37.6 Å². The Balaban J connectivity index is 2.34. The summed E-state index contributed by atoms with van der Waals surface area (Å²) < 4.78 is 27.3. The van der Waals surface area contributed by atoms with E-state index in [9.17, 15) is 8.42 Å². The standard InChI is InChI=1S/C15H18N2O2S/c1-2-6-12-7-3-4-10-15(12)17-20(18,19)14-9-5-8-13(16)11-14/h3-5,7-11,17H,2,6,16H2,1H3. The molecule has 2 aromatic rings. The number of anilines is 2. The molecule has 0 spiro atoms. The molecule has 0 heterocycles. The molecule has 2 rings (SSSR count). The van der Waals surface area contributed by atoms with Crippen LogP contribution in [0.2, 0.25) is 0 Å². The Morgan fingerprint density at radius 3 is 2.55 bits per heavy atom. The lowest BCUT2D eigenvalue weighted by molar-refractivity contribution is 0.601. The SMILES string of the molecule is CCCc1ccccc1NS(=O)(=O)c1cccc(N)c1. The minimum atomic E-state index is -3.61. The number of hydrogen-bond donors (Lipinski definition) is 2. The normalized spacial score (nSPS) is 11.2. The molecular weight excluding hydrogens is 272 g/mol. The van der Waals surface area contributed by atoms with Crippen LogP contribution in [0, 0.1) is 0 Å². The molecule has 0 fully saturated rings. The summed E-state index contributed by atoms with van der Waals surface area (Å²) in [5.41, 5.74) is 7.67. The number of hydrogen-bond acceptors (Lipinski definition) is 3. The highest BCUT2D eigenvalue weighted by Crippen LogP contribution is 2.22. The van der Waals surface area contributed by atoms with Gasteiger partial charge in [0.25, 0.3) is 10.0 Å². The van der Waals surface area contributed by atoms with Crippen LogP contribution in [0.1, 0.15) is 18.9 Å². The zero-order chi connectivity index (χ0) is 14.6. The Hall–Kier alpha value is -2.01. The fraction of sp³-hybridized carbons (Fsp3) is 0.200. The Morgan fingerprint density at radius 1 is 1.10 bits per heavy atom. The average molecular weight is 290 g/mol. The molecular formula is C15H18N2O2S. The van der Waals surface area contributed by atoms with E-state index in [-0.39, 0.29) is 4.90 Å². The highest BCUT2D eigenvalue weighted by Gasteiger charge is 2.15. The number of rotatable bonds is 5. The lowest BCUT2D eigenvalue weighted by Crippen LogP contribution is -2.14. The predicted octanol–water partition coefficient (Wildman–Crippen LogP) is 3.02. The van der Waals surface area contributed by atoms with E-state index in [1.807, 2.05) is 18.2 Å². The van der Waals surface area contributed by atoms with Crippen molar-refractivity contribution in [3.63, 3.8) is 0 Å². The third-order valence-corrected chi connectivity index (χ3v) is 4.31. The summed E-state index contributed by atoms with van der Waals surface area (Å²) in [6, 6.07) is 13.7. The van der Waals surface area contributed by atoms with E-state index in [0.29, 0.717) is 11.4 Å². The summed E-state index contributed by atoms with van der Waals surface area (Å²) in [4.78, 5) is 0.170. The van der Waals surface area contributed by atoms with Crippen LogP contribution in [0.15, 0.2) is 53.4 Å². The van der Waals surface area contributed by atoms with Crippen molar-refractivity contribution >= 4 is 21.4 Å². The Labute approximate surface area is 119 Å². The molecule has 0 aliphatic rings. The molecule has 106 valence electrons. The summed E-state index contributed by atoms with van der Waals surface area (Å²) in [7, 11) is -3.61. The van der Waals surface area contributed by atoms with E-state index in [0.717, 1.165) is 18.4 Å². The second-order valence-electron chi connectivity index (χ2n) is 4.59. The fourth-order valence-electron chi connectivity index (χ4n) is 1.99. The zero-order valence-corrected chi connectivity index (χ0v) is 12.2. The third kappa shape index (κ3) is 3.30. The number of aryl methyl sites for hydroxylation is 1. The van der Waals surface area contributed by atoms with Crippen LogP contribution < -0.4 is 10.5 Å². The number of benzene rings is 2. The molecule has 4 nitrogen and oxygen atoms in total. The van der Waals surface area contributed by atoms with Crippen molar-refractivity contribution in [1.29, 1.82) is 0 Å². The van der Waals surface area contributed by atoms with Crippen molar-refractivity contribution in [1.82, 2.24) is 0 Å². The summed E-state index contributed by atoms with van der Waals surface area (Å²) in [5.74, 6) is 0. The molecule has 0 unspecified atom stereocenters. The Morgan fingerprint density at radius 2 is 1.85 bits per heavy atom. The first kappa shape index (κ1) is 14.4. The van der Waals surface area contributed by atoms with E-state index in [4.69, 9.17) is 5.73 Å². The van der Waals surface area contributed by atoms with Gasteiger partial charge in [0.2, 0.25) is 0 Å². The number of nitrogens with one attached hydrogen (secondary N) is 1. The lowest BCUT2D eigenvalue weighted by atomic mass is 10.1. The van der Waals surface area contributed by atoms with Gasteiger partial charge in [-0.15, -0.1) is 0 Å². The molecule has 0 saturated carbocycles. The number of nitrogens with two attached hydrogens (primary N) is 1. The van der Waals surface area contributed by atoms with Crippen molar-refractivity contribution in [2.45, 2.75) is 24.7 Å². The van der Waals surface area contributed by atoms with Crippen molar-refractivity contribution in [3.8, 4) is 0 Å². The molecule has 3 N–H and O–H groups in total. The molecule has 20 heavy (non-hydrogen) atoms.